The van der Waals surface area contributed by atoms with Gasteiger partial charge in [-0.2, -0.15) is 0 Å². The Morgan fingerprint density at radius 2 is 1.72 bits per heavy atom. The minimum atomic E-state index is -3.59. The number of aromatic hydroxyl groups is 1. The number of carbonyl (C=O) groups is 1. The minimum Gasteiger partial charge on any atom is -0.507 e. The molecular weight excluding hydrogens is 518 g/mol. The monoisotopic (exact) mass is 553 g/mol. The van der Waals surface area contributed by atoms with Gasteiger partial charge < -0.3 is 20.3 Å². The summed E-state index contributed by atoms with van der Waals surface area (Å²) in [6, 6.07) is 21.0. The Balaban J connectivity index is 1.21. The lowest BCUT2D eigenvalue weighted by Crippen LogP contribution is -2.39. The predicted octanol–water partition coefficient (Wildman–Crippen LogP) is 3.37. The number of nitrogens with zero attached hydrogens (tertiary/aromatic N) is 1. The molecule has 0 bridgehead atoms. The third-order valence-corrected chi connectivity index (χ3v) is 8.15. The van der Waals surface area contributed by atoms with Gasteiger partial charge in [-0.3, -0.25) is 4.79 Å². The number of hydrogen-bond donors (Lipinski definition) is 4. The molecule has 0 spiro atoms. The number of ether oxygens (including phenoxy) is 1. The SMILES string of the molecule is CS(=O)(=O)c1cc(OC[C@@H](O)CNC2CCC(c3ccc(C(=O)N(N)c4ccccc4)cc3)CC2)ccc1O. The van der Waals surface area contributed by atoms with Crippen molar-refractivity contribution in [1.29, 1.82) is 0 Å². The Kier molecular flexibility index (Phi) is 9.24. The summed E-state index contributed by atoms with van der Waals surface area (Å²) in [4.78, 5) is 12.5. The molecule has 5 N–H and O–H groups in total. The summed E-state index contributed by atoms with van der Waals surface area (Å²) in [6.07, 6.45) is 4.13. The number of benzene rings is 3. The van der Waals surface area contributed by atoms with Gasteiger partial charge in [0.1, 0.15) is 29.1 Å². The van der Waals surface area contributed by atoms with E-state index in [9.17, 15) is 23.4 Å². The molecule has 0 aromatic heterocycles. The number of anilines is 1. The van der Waals surface area contributed by atoms with Crippen molar-refractivity contribution in [2.45, 2.75) is 48.6 Å². The number of nitrogens with two attached hydrogens (primary N) is 1. The highest BCUT2D eigenvalue weighted by molar-refractivity contribution is 7.90. The van der Waals surface area contributed by atoms with Crippen LogP contribution in [-0.4, -0.2) is 56.1 Å². The molecule has 3 aromatic carbocycles. The second-order valence-corrected chi connectivity index (χ2v) is 11.9. The van der Waals surface area contributed by atoms with E-state index in [-0.39, 0.29) is 35.0 Å². The fourth-order valence-corrected chi connectivity index (χ4v) is 5.59. The van der Waals surface area contributed by atoms with E-state index in [2.05, 4.69) is 5.32 Å². The number of aliphatic hydroxyl groups is 1. The number of phenolic OH excluding ortho intramolecular Hbond substituents is 1. The molecule has 9 nitrogen and oxygen atoms in total. The number of hydrogen-bond acceptors (Lipinski definition) is 8. The van der Waals surface area contributed by atoms with E-state index in [1.54, 1.807) is 12.1 Å². The van der Waals surface area contributed by atoms with E-state index in [0.29, 0.717) is 23.7 Å². The lowest BCUT2D eigenvalue weighted by atomic mass is 9.81. The van der Waals surface area contributed by atoms with Gasteiger partial charge in [0.2, 0.25) is 0 Å². The largest absolute Gasteiger partial charge is 0.507 e. The van der Waals surface area contributed by atoms with Crippen LogP contribution in [0.2, 0.25) is 0 Å². The molecule has 39 heavy (non-hydrogen) atoms. The molecule has 0 saturated heterocycles. The fraction of sp³-hybridized carbons (Fsp3) is 0.345. The van der Waals surface area contributed by atoms with E-state index < -0.39 is 15.9 Å². The van der Waals surface area contributed by atoms with Crippen molar-refractivity contribution in [3.05, 3.63) is 83.9 Å². The summed E-state index contributed by atoms with van der Waals surface area (Å²) >= 11 is 0. The average Bonchev–Trinajstić information content (AvgIpc) is 2.95. The molecule has 1 saturated carbocycles. The van der Waals surface area contributed by atoms with E-state index in [4.69, 9.17) is 10.6 Å². The van der Waals surface area contributed by atoms with Crippen molar-refractivity contribution in [2.75, 3.05) is 24.4 Å². The van der Waals surface area contributed by atoms with E-state index in [0.717, 1.165) is 36.9 Å². The summed E-state index contributed by atoms with van der Waals surface area (Å²) in [7, 11) is -3.59. The standard InChI is InChI=1S/C29H35N3O6S/c1-39(36,37)28-17-26(15-16-27(28)34)38-19-25(33)18-31-23-13-11-21(12-14-23)20-7-9-22(10-8-20)29(35)32(30)24-5-3-2-4-6-24/h2-10,15-17,21,23,25,31,33-34H,11-14,18-19,30H2,1H3/t21?,23?,25-/m0/s1. The topological polar surface area (TPSA) is 142 Å². The van der Waals surface area contributed by atoms with Crippen molar-refractivity contribution < 1.29 is 28.2 Å². The number of phenols is 1. The number of nitrogens with one attached hydrogen (secondary N) is 1. The Morgan fingerprint density at radius 3 is 2.36 bits per heavy atom. The predicted molar refractivity (Wildman–Crippen MR) is 150 cm³/mol. The smallest absolute Gasteiger partial charge is 0.272 e. The van der Waals surface area contributed by atoms with Crippen LogP contribution in [-0.2, 0) is 9.84 Å². The Morgan fingerprint density at radius 1 is 1.05 bits per heavy atom. The quantitative estimate of drug-likeness (QED) is 0.170. The number of carbonyl (C=O) groups excluding carboxylic acids is 1. The second-order valence-electron chi connectivity index (χ2n) is 9.96. The number of para-hydroxylation sites is 1. The van der Waals surface area contributed by atoms with Crippen LogP contribution in [0.3, 0.4) is 0 Å². The molecular formula is C29H35N3O6S. The number of aliphatic hydroxyl groups excluding tert-OH is 1. The van der Waals surface area contributed by atoms with Crippen molar-refractivity contribution in [1.82, 2.24) is 5.32 Å². The molecule has 0 radical (unpaired) electrons. The normalized spacial score (nSPS) is 18.3. The van der Waals surface area contributed by atoms with Crippen molar-refractivity contribution in [3.63, 3.8) is 0 Å². The van der Waals surface area contributed by atoms with Gasteiger partial charge in [-0.25, -0.2) is 19.3 Å². The van der Waals surface area contributed by atoms with Gasteiger partial charge in [-0.15, -0.1) is 0 Å². The number of hydrazine groups is 1. The highest BCUT2D eigenvalue weighted by atomic mass is 32.2. The van der Waals surface area contributed by atoms with E-state index in [1.165, 1.54) is 23.8 Å². The zero-order chi connectivity index (χ0) is 28.0. The van der Waals surface area contributed by atoms with Gasteiger partial charge >= 0.3 is 0 Å². The first kappa shape index (κ1) is 28.6. The average molecular weight is 554 g/mol. The summed E-state index contributed by atoms with van der Waals surface area (Å²) in [5.74, 6) is 6.08. The summed E-state index contributed by atoms with van der Waals surface area (Å²) in [5.41, 5.74) is 2.37. The lowest BCUT2D eigenvalue weighted by Gasteiger charge is -2.30. The maximum atomic E-state index is 12.7. The molecule has 1 atom stereocenters. The maximum absolute atomic E-state index is 12.7. The van der Waals surface area contributed by atoms with Crippen LogP contribution >= 0.6 is 0 Å². The van der Waals surface area contributed by atoms with Gasteiger partial charge in [0.25, 0.3) is 5.91 Å². The zero-order valence-electron chi connectivity index (χ0n) is 21.9. The molecule has 1 aliphatic rings. The molecule has 0 aliphatic heterocycles. The van der Waals surface area contributed by atoms with Crippen LogP contribution < -0.4 is 20.9 Å². The van der Waals surface area contributed by atoms with Gasteiger partial charge in [0, 0.05) is 30.5 Å². The van der Waals surface area contributed by atoms with E-state index in [1.807, 2.05) is 42.5 Å². The number of sulfone groups is 1. The van der Waals surface area contributed by atoms with Crippen molar-refractivity contribution in [2.24, 2.45) is 5.84 Å². The molecule has 1 aliphatic carbocycles. The number of rotatable bonds is 10. The van der Waals surface area contributed by atoms with Gasteiger partial charge in [0.05, 0.1) is 5.69 Å². The highest BCUT2D eigenvalue weighted by Gasteiger charge is 2.23. The minimum absolute atomic E-state index is 0.00804. The molecule has 4 rings (SSSR count). The van der Waals surface area contributed by atoms with Gasteiger partial charge in [-0.05, 0) is 73.6 Å². The van der Waals surface area contributed by atoms with Gasteiger partial charge in [-0.1, -0.05) is 30.3 Å². The maximum Gasteiger partial charge on any atom is 0.272 e. The fourth-order valence-electron chi connectivity index (χ4n) is 4.81. The molecule has 3 aromatic rings. The van der Waals surface area contributed by atoms with Crippen LogP contribution in [0, 0.1) is 0 Å². The van der Waals surface area contributed by atoms with Crippen LogP contribution in [0.15, 0.2) is 77.7 Å². The first-order chi connectivity index (χ1) is 18.6. The Hall–Kier alpha value is -3.44. The zero-order valence-corrected chi connectivity index (χ0v) is 22.7. The number of amides is 1. The molecule has 1 fully saturated rings. The van der Waals surface area contributed by atoms with Crippen LogP contribution in [0.4, 0.5) is 5.69 Å². The molecule has 1 amide bonds. The Labute approximate surface area is 229 Å². The van der Waals surface area contributed by atoms with Crippen LogP contribution in [0.1, 0.15) is 47.5 Å². The Bertz CT molecular complexity index is 1360. The summed E-state index contributed by atoms with van der Waals surface area (Å²) in [5, 5.41) is 24.6. The van der Waals surface area contributed by atoms with Crippen LogP contribution in [0.25, 0.3) is 0 Å². The third kappa shape index (κ3) is 7.57. The van der Waals surface area contributed by atoms with Crippen molar-refractivity contribution >= 4 is 21.4 Å². The van der Waals surface area contributed by atoms with Gasteiger partial charge in [0.15, 0.2) is 9.84 Å². The first-order valence-electron chi connectivity index (χ1n) is 12.9. The molecule has 208 valence electrons. The highest BCUT2D eigenvalue weighted by Crippen LogP contribution is 2.33. The summed E-state index contributed by atoms with van der Waals surface area (Å²) in [6.45, 7) is 0.339. The second kappa shape index (κ2) is 12.6. The molecule has 10 heteroatoms. The molecule has 0 unspecified atom stereocenters. The molecule has 0 heterocycles. The van der Waals surface area contributed by atoms with Crippen LogP contribution in [0.5, 0.6) is 11.5 Å². The third-order valence-electron chi connectivity index (χ3n) is 7.02. The first-order valence-corrected chi connectivity index (χ1v) is 14.8. The van der Waals surface area contributed by atoms with E-state index >= 15 is 0 Å². The van der Waals surface area contributed by atoms with Crippen molar-refractivity contribution in [3.8, 4) is 11.5 Å². The lowest BCUT2D eigenvalue weighted by molar-refractivity contribution is 0.0986. The summed E-state index contributed by atoms with van der Waals surface area (Å²) < 4.78 is 29.1.